The van der Waals surface area contributed by atoms with Crippen molar-refractivity contribution in [1.29, 1.82) is 0 Å². The quantitative estimate of drug-likeness (QED) is 0.849. The normalized spacial score (nSPS) is 28.8. The second-order valence-electron chi connectivity index (χ2n) is 5.48. The van der Waals surface area contributed by atoms with Crippen LogP contribution in [0.4, 0.5) is 0 Å². The van der Waals surface area contributed by atoms with Gasteiger partial charge in [-0.05, 0) is 41.5 Å². The maximum absolute atomic E-state index is 10.5. The van der Waals surface area contributed by atoms with Crippen LogP contribution in [0.1, 0.15) is 43.4 Å². The lowest BCUT2D eigenvalue weighted by atomic mass is 9.87. The molecule has 1 N–H and O–H groups in total. The molecule has 0 saturated heterocycles. The zero-order valence-corrected chi connectivity index (χ0v) is 10.4. The van der Waals surface area contributed by atoms with Crippen molar-refractivity contribution in [3.63, 3.8) is 0 Å². The van der Waals surface area contributed by atoms with Crippen molar-refractivity contribution in [2.75, 3.05) is 6.61 Å². The van der Waals surface area contributed by atoms with Gasteiger partial charge in [-0.25, -0.2) is 0 Å². The maximum Gasteiger partial charge on any atom is 0.122 e. The number of rotatable bonds is 2. The molecule has 3 rings (SSSR count). The molecule has 1 saturated carbocycles. The molecule has 1 aliphatic heterocycles. The number of hydrogen-bond acceptors (Lipinski definition) is 2. The molecule has 17 heavy (non-hydrogen) atoms. The molecule has 2 aliphatic rings. The first kappa shape index (κ1) is 11.1. The Morgan fingerprint density at radius 3 is 3.00 bits per heavy atom. The van der Waals surface area contributed by atoms with Gasteiger partial charge in [0, 0.05) is 6.42 Å². The summed E-state index contributed by atoms with van der Waals surface area (Å²) in [4.78, 5) is 0. The van der Waals surface area contributed by atoms with Crippen molar-refractivity contribution in [3.8, 4) is 5.75 Å². The Morgan fingerprint density at radius 1 is 1.35 bits per heavy atom. The maximum atomic E-state index is 10.5. The standard InChI is InChI=1S/C15H20O2/c1-10-3-2-4-13(10)15(16)12-5-6-14-11(9-12)7-8-17-14/h5-6,9-10,13,15-16H,2-4,7-8H2,1H3. The van der Waals surface area contributed by atoms with Crippen LogP contribution < -0.4 is 4.74 Å². The van der Waals surface area contributed by atoms with Crippen LogP contribution in [0.2, 0.25) is 0 Å². The van der Waals surface area contributed by atoms with Crippen LogP contribution in [0.25, 0.3) is 0 Å². The van der Waals surface area contributed by atoms with Crippen LogP contribution in [0.3, 0.4) is 0 Å². The fourth-order valence-corrected chi connectivity index (χ4v) is 3.28. The van der Waals surface area contributed by atoms with Crippen LogP contribution in [-0.2, 0) is 6.42 Å². The van der Waals surface area contributed by atoms with Crippen molar-refractivity contribution >= 4 is 0 Å². The molecule has 0 bridgehead atoms. The Balaban J connectivity index is 1.83. The molecule has 1 heterocycles. The van der Waals surface area contributed by atoms with Crippen LogP contribution >= 0.6 is 0 Å². The van der Waals surface area contributed by atoms with Gasteiger partial charge in [-0.3, -0.25) is 0 Å². The summed E-state index contributed by atoms with van der Waals surface area (Å²) < 4.78 is 5.50. The van der Waals surface area contributed by atoms with E-state index in [0.29, 0.717) is 11.8 Å². The fourth-order valence-electron chi connectivity index (χ4n) is 3.28. The van der Waals surface area contributed by atoms with Crippen molar-refractivity contribution in [2.45, 2.75) is 38.7 Å². The summed E-state index contributed by atoms with van der Waals surface area (Å²) in [6.45, 7) is 3.05. The summed E-state index contributed by atoms with van der Waals surface area (Å²) >= 11 is 0. The van der Waals surface area contributed by atoms with Crippen LogP contribution in [0.15, 0.2) is 18.2 Å². The SMILES string of the molecule is CC1CCCC1C(O)c1ccc2c(c1)CCO2. The average molecular weight is 232 g/mol. The van der Waals surface area contributed by atoms with Crippen molar-refractivity contribution < 1.29 is 9.84 Å². The molecule has 0 aromatic heterocycles. The third kappa shape index (κ3) is 1.95. The highest BCUT2D eigenvalue weighted by atomic mass is 16.5. The Morgan fingerprint density at radius 2 is 2.24 bits per heavy atom. The highest BCUT2D eigenvalue weighted by molar-refractivity contribution is 5.40. The zero-order chi connectivity index (χ0) is 11.8. The molecule has 92 valence electrons. The summed E-state index contributed by atoms with van der Waals surface area (Å²) in [5, 5.41) is 10.5. The van der Waals surface area contributed by atoms with Gasteiger partial charge in [0.2, 0.25) is 0 Å². The first-order valence-corrected chi connectivity index (χ1v) is 6.69. The Hall–Kier alpha value is -1.02. The molecule has 0 amide bonds. The van der Waals surface area contributed by atoms with Gasteiger partial charge < -0.3 is 9.84 Å². The molecule has 0 radical (unpaired) electrons. The summed E-state index contributed by atoms with van der Waals surface area (Å²) in [5.41, 5.74) is 2.33. The molecule has 2 heteroatoms. The van der Waals surface area contributed by atoms with Gasteiger partial charge in [-0.1, -0.05) is 25.8 Å². The summed E-state index contributed by atoms with van der Waals surface area (Å²) in [5.74, 6) is 2.09. The van der Waals surface area contributed by atoms with Gasteiger partial charge in [-0.15, -0.1) is 0 Å². The van der Waals surface area contributed by atoms with E-state index < -0.39 is 0 Å². The number of fused-ring (bicyclic) bond motifs is 1. The van der Waals surface area contributed by atoms with Gasteiger partial charge in [0.1, 0.15) is 5.75 Å². The third-order valence-electron chi connectivity index (χ3n) is 4.39. The molecule has 2 nitrogen and oxygen atoms in total. The lowest BCUT2D eigenvalue weighted by molar-refractivity contribution is 0.0900. The highest BCUT2D eigenvalue weighted by Gasteiger charge is 2.31. The van der Waals surface area contributed by atoms with E-state index in [2.05, 4.69) is 13.0 Å². The predicted octanol–water partition coefficient (Wildman–Crippen LogP) is 3.09. The molecular formula is C15H20O2. The number of benzene rings is 1. The largest absolute Gasteiger partial charge is 0.493 e. The average Bonchev–Trinajstić information content (AvgIpc) is 2.95. The van der Waals surface area contributed by atoms with Crippen LogP contribution in [0.5, 0.6) is 5.75 Å². The highest BCUT2D eigenvalue weighted by Crippen LogP contribution is 2.41. The third-order valence-corrected chi connectivity index (χ3v) is 4.39. The van der Waals surface area contributed by atoms with Gasteiger partial charge in [0.15, 0.2) is 0 Å². The summed E-state index contributed by atoms with van der Waals surface area (Å²) in [6, 6.07) is 6.18. The van der Waals surface area contributed by atoms with Crippen LogP contribution in [-0.4, -0.2) is 11.7 Å². The predicted molar refractivity (Wildman–Crippen MR) is 67.1 cm³/mol. The van der Waals surface area contributed by atoms with E-state index in [1.165, 1.54) is 18.4 Å². The monoisotopic (exact) mass is 232 g/mol. The lowest BCUT2D eigenvalue weighted by Gasteiger charge is -2.22. The lowest BCUT2D eigenvalue weighted by Crippen LogP contribution is -2.15. The van der Waals surface area contributed by atoms with E-state index in [0.717, 1.165) is 30.8 Å². The van der Waals surface area contributed by atoms with Crippen LogP contribution in [0, 0.1) is 11.8 Å². The Labute approximate surface area is 103 Å². The van der Waals surface area contributed by atoms with E-state index in [4.69, 9.17) is 4.74 Å². The van der Waals surface area contributed by atoms with Crippen molar-refractivity contribution in [2.24, 2.45) is 11.8 Å². The number of hydrogen-bond donors (Lipinski definition) is 1. The molecular weight excluding hydrogens is 212 g/mol. The minimum Gasteiger partial charge on any atom is -0.493 e. The van der Waals surface area contributed by atoms with Crippen molar-refractivity contribution in [1.82, 2.24) is 0 Å². The molecule has 1 aliphatic carbocycles. The van der Waals surface area contributed by atoms with E-state index >= 15 is 0 Å². The van der Waals surface area contributed by atoms with Gasteiger partial charge >= 0.3 is 0 Å². The van der Waals surface area contributed by atoms with E-state index in [9.17, 15) is 5.11 Å². The minimum atomic E-state index is -0.293. The minimum absolute atomic E-state index is 0.293. The van der Waals surface area contributed by atoms with Crippen molar-refractivity contribution in [3.05, 3.63) is 29.3 Å². The fraction of sp³-hybridized carbons (Fsp3) is 0.600. The summed E-state index contributed by atoms with van der Waals surface area (Å²) in [6.07, 6.45) is 4.37. The molecule has 1 fully saturated rings. The number of aliphatic hydroxyl groups excluding tert-OH is 1. The summed E-state index contributed by atoms with van der Waals surface area (Å²) in [7, 11) is 0. The Bertz CT molecular complexity index is 413. The molecule has 1 aromatic rings. The second kappa shape index (κ2) is 4.34. The van der Waals surface area contributed by atoms with E-state index in [-0.39, 0.29) is 6.10 Å². The van der Waals surface area contributed by atoms with Gasteiger partial charge in [-0.2, -0.15) is 0 Å². The number of ether oxygens (including phenoxy) is 1. The Kier molecular flexibility index (Phi) is 2.83. The topological polar surface area (TPSA) is 29.5 Å². The molecule has 3 atom stereocenters. The first-order chi connectivity index (χ1) is 8.25. The van der Waals surface area contributed by atoms with E-state index in [1.807, 2.05) is 12.1 Å². The van der Waals surface area contributed by atoms with E-state index in [1.54, 1.807) is 0 Å². The second-order valence-corrected chi connectivity index (χ2v) is 5.48. The molecule has 1 aromatic carbocycles. The number of aliphatic hydroxyl groups is 1. The smallest absolute Gasteiger partial charge is 0.122 e. The van der Waals surface area contributed by atoms with Gasteiger partial charge in [0.05, 0.1) is 12.7 Å². The molecule has 3 unspecified atom stereocenters. The first-order valence-electron chi connectivity index (χ1n) is 6.69. The van der Waals surface area contributed by atoms with Gasteiger partial charge in [0.25, 0.3) is 0 Å². The molecule has 0 spiro atoms. The zero-order valence-electron chi connectivity index (χ0n) is 10.4.